The molecule has 0 bridgehead atoms. The van der Waals surface area contributed by atoms with Crippen LogP contribution in [0.2, 0.25) is 5.02 Å². The molecule has 2 aromatic carbocycles. The number of carbonyl (C=O) groups excluding carboxylic acids is 1. The van der Waals surface area contributed by atoms with Gasteiger partial charge in [0.1, 0.15) is 0 Å². The van der Waals surface area contributed by atoms with Crippen LogP contribution in [0.5, 0.6) is 0 Å². The van der Waals surface area contributed by atoms with E-state index < -0.39 is 0 Å². The Bertz CT molecular complexity index is 761. The number of thioether (sulfide) groups is 1. The normalized spacial score (nSPS) is 15.5. The molecule has 0 unspecified atom stereocenters. The lowest BCUT2D eigenvalue weighted by Crippen LogP contribution is -2.43. The lowest BCUT2D eigenvalue weighted by molar-refractivity contribution is -0.118. The predicted molar refractivity (Wildman–Crippen MR) is 119 cm³/mol. The highest BCUT2D eigenvalue weighted by atomic mass is 35.5. The lowest BCUT2D eigenvalue weighted by Gasteiger charge is -2.32. The fourth-order valence-electron chi connectivity index (χ4n) is 3.20. The molecule has 0 saturated carbocycles. The summed E-state index contributed by atoms with van der Waals surface area (Å²) in [6.45, 7) is 6.04. The lowest BCUT2D eigenvalue weighted by atomic mass is 10.1. The van der Waals surface area contributed by atoms with E-state index in [4.69, 9.17) is 11.6 Å². The average Bonchev–Trinajstić information content (AvgIpc) is 2.70. The van der Waals surface area contributed by atoms with Crippen LogP contribution in [0.4, 0.5) is 0 Å². The number of nitrogens with one attached hydrogen (secondary N) is 1. The zero-order valence-corrected chi connectivity index (χ0v) is 17.9. The second kappa shape index (κ2) is 10.9. The van der Waals surface area contributed by atoms with Crippen molar-refractivity contribution in [3.8, 4) is 0 Å². The van der Waals surface area contributed by atoms with E-state index in [-0.39, 0.29) is 5.91 Å². The molecule has 6 heteroatoms. The van der Waals surface area contributed by atoms with Gasteiger partial charge in [0.15, 0.2) is 0 Å². The third kappa shape index (κ3) is 7.13. The number of hydrogen-bond acceptors (Lipinski definition) is 4. The molecule has 1 amide bonds. The van der Waals surface area contributed by atoms with Gasteiger partial charge >= 0.3 is 0 Å². The molecular weight excluding hydrogens is 390 g/mol. The van der Waals surface area contributed by atoms with E-state index in [1.54, 1.807) is 11.8 Å². The molecule has 0 aliphatic carbocycles. The highest BCUT2D eigenvalue weighted by Crippen LogP contribution is 2.15. The van der Waals surface area contributed by atoms with Crippen molar-refractivity contribution in [2.24, 2.45) is 0 Å². The molecule has 1 heterocycles. The van der Waals surface area contributed by atoms with Gasteiger partial charge in [0.2, 0.25) is 5.91 Å². The summed E-state index contributed by atoms with van der Waals surface area (Å²) in [5.41, 5.74) is 3.65. The number of nitrogens with zero attached hydrogens (tertiary/aromatic N) is 2. The first-order chi connectivity index (χ1) is 13.6. The van der Waals surface area contributed by atoms with Crippen molar-refractivity contribution >= 4 is 29.3 Å². The molecule has 1 saturated heterocycles. The molecule has 4 nitrogen and oxygen atoms in total. The van der Waals surface area contributed by atoms with Crippen LogP contribution in [0.15, 0.2) is 48.5 Å². The van der Waals surface area contributed by atoms with Crippen LogP contribution in [-0.2, 0) is 23.6 Å². The third-order valence-corrected chi connectivity index (χ3v) is 6.15. The fourth-order valence-corrected chi connectivity index (χ4v) is 4.14. The molecule has 28 heavy (non-hydrogen) atoms. The summed E-state index contributed by atoms with van der Waals surface area (Å²) in [5, 5.41) is 3.77. The SMILES string of the molecule is CN1CCN(Cc2cccc(CNC(=O)CSCc3ccc(Cl)cc3)c2)CC1. The quantitative estimate of drug-likeness (QED) is 0.711. The van der Waals surface area contributed by atoms with Crippen molar-refractivity contribution in [1.82, 2.24) is 15.1 Å². The Morgan fingerprint density at radius 3 is 2.50 bits per heavy atom. The molecule has 1 aliphatic heterocycles. The first kappa shape index (κ1) is 21.2. The van der Waals surface area contributed by atoms with Crippen molar-refractivity contribution in [3.05, 3.63) is 70.2 Å². The third-order valence-electron chi connectivity index (χ3n) is 4.90. The minimum absolute atomic E-state index is 0.0726. The zero-order valence-electron chi connectivity index (χ0n) is 16.4. The Labute approximate surface area is 177 Å². The van der Waals surface area contributed by atoms with Gasteiger partial charge in [-0.05, 0) is 35.9 Å². The van der Waals surface area contributed by atoms with E-state index in [1.807, 2.05) is 24.3 Å². The van der Waals surface area contributed by atoms with Crippen molar-refractivity contribution < 1.29 is 4.79 Å². The van der Waals surface area contributed by atoms with Gasteiger partial charge in [-0.3, -0.25) is 9.69 Å². The molecule has 0 aromatic heterocycles. The number of halogens is 1. The summed E-state index contributed by atoms with van der Waals surface area (Å²) >= 11 is 7.51. The molecule has 150 valence electrons. The monoisotopic (exact) mass is 417 g/mol. The van der Waals surface area contributed by atoms with E-state index in [0.717, 1.165) is 49.1 Å². The van der Waals surface area contributed by atoms with Gasteiger partial charge in [0, 0.05) is 50.0 Å². The molecule has 0 atom stereocenters. The molecule has 2 aromatic rings. The Balaban J connectivity index is 1.39. The van der Waals surface area contributed by atoms with Crippen LogP contribution in [0.1, 0.15) is 16.7 Å². The largest absolute Gasteiger partial charge is 0.351 e. The van der Waals surface area contributed by atoms with Crippen LogP contribution in [0, 0.1) is 0 Å². The summed E-state index contributed by atoms with van der Waals surface area (Å²) in [6, 6.07) is 16.3. The van der Waals surface area contributed by atoms with Gasteiger partial charge in [-0.25, -0.2) is 0 Å². The maximum atomic E-state index is 12.1. The molecule has 0 radical (unpaired) electrons. The zero-order chi connectivity index (χ0) is 19.8. The van der Waals surface area contributed by atoms with Gasteiger partial charge in [0.05, 0.1) is 5.75 Å². The number of rotatable bonds is 8. The molecule has 3 rings (SSSR count). The Kier molecular flexibility index (Phi) is 8.22. The molecule has 1 N–H and O–H groups in total. The second-order valence-corrected chi connectivity index (χ2v) is 8.72. The summed E-state index contributed by atoms with van der Waals surface area (Å²) in [4.78, 5) is 17.0. The smallest absolute Gasteiger partial charge is 0.230 e. The Morgan fingerprint density at radius 1 is 1.04 bits per heavy atom. The minimum atomic E-state index is 0.0726. The first-order valence-electron chi connectivity index (χ1n) is 9.66. The number of likely N-dealkylation sites (N-methyl/N-ethyl adjacent to an activating group) is 1. The summed E-state index contributed by atoms with van der Waals surface area (Å²) in [5.74, 6) is 1.35. The molecule has 1 aliphatic rings. The van der Waals surface area contributed by atoms with Gasteiger partial charge in [0.25, 0.3) is 0 Å². The topological polar surface area (TPSA) is 35.6 Å². The maximum absolute atomic E-state index is 12.1. The van der Waals surface area contributed by atoms with Crippen LogP contribution in [0.3, 0.4) is 0 Å². The van der Waals surface area contributed by atoms with Crippen LogP contribution in [0.25, 0.3) is 0 Å². The number of carbonyl (C=O) groups is 1. The second-order valence-electron chi connectivity index (χ2n) is 7.30. The fraction of sp³-hybridized carbons (Fsp3) is 0.409. The predicted octanol–water partition coefficient (Wildman–Crippen LogP) is 3.64. The molecule has 0 spiro atoms. The molecule has 1 fully saturated rings. The highest BCUT2D eigenvalue weighted by Gasteiger charge is 2.13. The number of amides is 1. The number of hydrogen-bond donors (Lipinski definition) is 1. The highest BCUT2D eigenvalue weighted by molar-refractivity contribution is 7.99. The van der Waals surface area contributed by atoms with Gasteiger partial charge < -0.3 is 10.2 Å². The van der Waals surface area contributed by atoms with Crippen molar-refractivity contribution in [3.63, 3.8) is 0 Å². The van der Waals surface area contributed by atoms with Crippen LogP contribution >= 0.6 is 23.4 Å². The van der Waals surface area contributed by atoms with E-state index >= 15 is 0 Å². The Morgan fingerprint density at radius 2 is 1.75 bits per heavy atom. The van der Waals surface area contributed by atoms with Gasteiger partial charge in [-0.15, -0.1) is 11.8 Å². The van der Waals surface area contributed by atoms with E-state index in [2.05, 4.69) is 46.4 Å². The number of benzene rings is 2. The maximum Gasteiger partial charge on any atom is 0.230 e. The summed E-state index contributed by atoms with van der Waals surface area (Å²) in [7, 11) is 2.17. The van der Waals surface area contributed by atoms with E-state index in [1.165, 1.54) is 11.1 Å². The first-order valence-corrected chi connectivity index (χ1v) is 11.2. The average molecular weight is 418 g/mol. The minimum Gasteiger partial charge on any atom is -0.351 e. The van der Waals surface area contributed by atoms with Gasteiger partial charge in [-0.2, -0.15) is 0 Å². The van der Waals surface area contributed by atoms with E-state index in [0.29, 0.717) is 12.3 Å². The standard InChI is InChI=1S/C22H28ClN3OS/c1-25-9-11-26(12-10-25)15-20-4-2-3-19(13-20)14-24-22(27)17-28-16-18-5-7-21(23)8-6-18/h2-8,13H,9-12,14-17H2,1H3,(H,24,27). The van der Waals surface area contributed by atoms with Crippen molar-refractivity contribution in [1.29, 1.82) is 0 Å². The molecular formula is C22H28ClN3OS. The van der Waals surface area contributed by atoms with E-state index in [9.17, 15) is 4.79 Å². The number of piperazine rings is 1. The van der Waals surface area contributed by atoms with Crippen molar-refractivity contribution in [2.75, 3.05) is 39.0 Å². The van der Waals surface area contributed by atoms with Crippen molar-refractivity contribution in [2.45, 2.75) is 18.8 Å². The Hall–Kier alpha value is -1.53. The summed E-state index contributed by atoms with van der Waals surface area (Å²) in [6.07, 6.45) is 0. The van der Waals surface area contributed by atoms with Crippen LogP contribution < -0.4 is 5.32 Å². The summed E-state index contributed by atoms with van der Waals surface area (Å²) < 4.78 is 0. The van der Waals surface area contributed by atoms with Gasteiger partial charge in [-0.1, -0.05) is 48.0 Å². The van der Waals surface area contributed by atoms with Crippen LogP contribution in [-0.4, -0.2) is 54.7 Å².